The number of hydrogen-bond donors (Lipinski definition) is 1. The van der Waals surface area contributed by atoms with Crippen LogP contribution in [0.1, 0.15) is 18.1 Å². The fraction of sp³-hybridized carbons (Fsp3) is 0.417. The number of ketones is 1. The molecule has 0 saturated carbocycles. The summed E-state index contributed by atoms with van der Waals surface area (Å²) in [7, 11) is 1.66. The van der Waals surface area contributed by atoms with Crippen LogP contribution in [0.4, 0.5) is 0 Å². The SMILES string of the molecule is COc1ccc(CNCC(C)=O)cc1C. The maximum absolute atomic E-state index is 10.7. The summed E-state index contributed by atoms with van der Waals surface area (Å²) in [6, 6.07) is 6.01. The van der Waals surface area contributed by atoms with Gasteiger partial charge in [-0.25, -0.2) is 0 Å². The highest BCUT2D eigenvalue weighted by atomic mass is 16.5. The van der Waals surface area contributed by atoms with Gasteiger partial charge in [-0.15, -0.1) is 0 Å². The Labute approximate surface area is 90.4 Å². The summed E-state index contributed by atoms with van der Waals surface area (Å²) in [4.78, 5) is 10.7. The molecule has 1 aromatic rings. The molecule has 1 N–H and O–H groups in total. The lowest BCUT2D eigenvalue weighted by atomic mass is 10.1. The van der Waals surface area contributed by atoms with Gasteiger partial charge in [-0.2, -0.15) is 0 Å². The number of carbonyl (C=O) groups is 1. The molecule has 0 aliphatic carbocycles. The van der Waals surface area contributed by atoms with Crippen LogP contribution < -0.4 is 10.1 Å². The molecule has 0 atom stereocenters. The van der Waals surface area contributed by atoms with Gasteiger partial charge >= 0.3 is 0 Å². The van der Waals surface area contributed by atoms with Gasteiger partial charge in [0.2, 0.25) is 0 Å². The number of hydrogen-bond acceptors (Lipinski definition) is 3. The van der Waals surface area contributed by atoms with E-state index in [1.54, 1.807) is 14.0 Å². The molecule has 0 spiro atoms. The molecule has 0 aliphatic rings. The Hall–Kier alpha value is -1.35. The predicted molar refractivity (Wildman–Crippen MR) is 60.1 cm³/mol. The van der Waals surface area contributed by atoms with E-state index < -0.39 is 0 Å². The Balaban J connectivity index is 2.55. The smallest absolute Gasteiger partial charge is 0.143 e. The lowest BCUT2D eigenvalue weighted by Gasteiger charge is -2.07. The van der Waals surface area contributed by atoms with Crippen molar-refractivity contribution in [1.29, 1.82) is 0 Å². The van der Waals surface area contributed by atoms with Gasteiger partial charge in [0, 0.05) is 6.54 Å². The van der Waals surface area contributed by atoms with Crippen molar-refractivity contribution in [2.45, 2.75) is 20.4 Å². The summed E-state index contributed by atoms with van der Waals surface area (Å²) in [6.45, 7) is 4.72. The molecular weight excluding hydrogens is 190 g/mol. The van der Waals surface area contributed by atoms with Gasteiger partial charge in [0.05, 0.1) is 13.7 Å². The van der Waals surface area contributed by atoms with Gasteiger partial charge in [0.25, 0.3) is 0 Å². The van der Waals surface area contributed by atoms with Crippen molar-refractivity contribution in [3.8, 4) is 5.75 Å². The fourth-order valence-corrected chi connectivity index (χ4v) is 1.43. The summed E-state index contributed by atoms with van der Waals surface area (Å²) in [5.74, 6) is 1.05. The van der Waals surface area contributed by atoms with Crippen LogP contribution in [0.3, 0.4) is 0 Å². The Morgan fingerprint density at radius 1 is 1.47 bits per heavy atom. The molecule has 0 radical (unpaired) electrons. The third-order valence-corrected chi connectivity index (χ3v) is 2.16. The average Bonchev–Trinajstić information content (AvgIpc) is 2.17. The number of rotatable bonds is 5. The van der Waals surface area contributed by atoms with E-state index in [2.05, 4.69) is 11.4 Å². The number of nitrogens with one attached hydrogen (secondary N) is 1. The van der Waals surface area contributed by atoms with Gasteiger partial charge in [-0.1, -0.05) is 12.1 Å². The van der Waals surface area contributed by atoms with E-state index in [1.807, 2.05) is 19.1 Å². The van der Waals surface area contributed by atoms with E-state index in [4.69, 9.17) is 4.74 Å². The highest BCUT2D eigenvalue weighted by molar-refractivity contribution is 5.77. The van der Waals surface area contributed by atoms with Gasteiger partial charge in [0.15, 0.2) is 0 Å². The van der Waals surface area contributed by atoms with E-state index >= 15 is 0 Å². The molecule has 0 fully saturated rings. The highest BCUT2D eigenvalue weighted by Crippen LogP contribution is 2.18. The molecule has 0 aliphatic heterocycles. The van der Waals surface area contributed by atoms with Crippen LogP contribution in [0.5, 0.6) is 5.75 Å². The normalized spacial score (nSPS) is 10.1. The Kier molecular flexibility index (Phi) is 4.31. The van der Waals surface area contributed by atoms with Gasteiger partial charge in [-0.3, -0.25) is 4.79 Å². The molecule has 1 aromatic carbocycles. The second kappa shape index (κ2) is 5.51. The molecular formula is C12H17NO2. The zero-order chi connectivity index (χ0) is 11.3. The molecule has 0 aromatic heterocycles. The molecule has 0 unspecified atom stereocenters. The number of Topliss-reactive ketones (excluding diaryl/α,β-unsaturated/α-hetero) is 1. The molecule has 15 heavy (non-hydrogen) atoms. The molecule has 0 amide bonds. The Morgan fingerprint density at radius 3 is 2.73 bits per heavy atom. The quantitative estimate of drug-likeness (QED) is 0.798. The van der Waals surface area contributed by atoms with Gasteiger partial charge in [-0.05, 0) is 31.0 Å². The maximum Gasteiger partial charge on any atom is 0.143 e. The van der Waals surface area contributed by atoms with Crippen molar-refractivity contribution in [2.75, 3.05) is 13.7 Å². The van der Waals surface area contributed by atoms with Gasteiger partial charge < -0.3 is 10.1 Å². The van der Waals surface area contributed by atoms with Crippen LogP contribution in [-0.2, 0) is 11.3 Å². The zero-order valence-electron chi connectivity index (χ0n) is 9.46. The van der Waals surface area contributed by atoms with Gasteiger partial charge in [0.1, 0.15) is 11.5 Å². The lowest BCUT2D eigenvalue weighted by molar-refractivity contribution is -0.116. The zero-order valence-corrected chi connectivity index (χ0v) is 9.46. The predicted octanol–water partition coefficient (Wildman–Crippen LogP) is 1.68. The molecule has 0 bridgehead atoms. The number of benzene rings is 1. The second-order valence-electron chi connectivity index (χ2n) is 3.61. The average molecular weight is 207 g/mol. The first-order chi connectivity index (χ1) is 7.13. The van der Waals surface area contributed by atoms with E-state index in [0.717, 1.165) is 16.9 Å². The number of ether oxygens (including phenoxy) is 1. The fourth-order valence-electron chi connectivity index (χ4n) is 1.43. The summed E-state index contributed by atoms with van der Waals surface area (Å²) < 4.78 is 5.17. The van der Waals surface area contributed by atoms with Crippen LogP contribution in [0.25, 0.3) is 0 Å². The minimum atomic E-state index is 0.153. The maximum atomic E-state index is 10.7. The van der Waals surface area contributed by atoms with Crippen LogP contribution in [-0.4, -0.2) is 19.4 Å². The monoisotopic (exact) mass is 207 g/mol. The van der Waals surface area contributed by atoms with Crippen molar-refractivity contribution in [3.05, 3.63) is 29.3 Å². The largest absolute Gasteiger partial charge is 0.496 e. The number of methoxy groups -OCH3 is 1. The summed E-state index contributed by atoms with van der Waals surface area (Å²) in [5.41, 5.74) is 2.27. The van der Waals surface area contributed by atoms with E-state index in [9.17, 15) is 4.79 Å². The molecule has 82 valence electrons. The van der Waals surface area contributed by atoms with Crippen LogP contribution in [0.15, 0.2) is 18.2 Å². The number of aryl methyl sites for hydroxylation is 1. The second-order valence-corrected chi connectivity index (χ2v) is 3.61. The van der Waals surface area contributed by atoms with Crippen molar-refractivity contribution in [1.82, 2.24) is 5.32 Å². The van der Waals surface area contributed by atoms with Crippen LogP contribution in [0, 0.1) is 6.92 Å². The summed E-state index contributed by atoms with van der Waals surface area (Å²) in [5, 5.41) is 3.08. The topological polar surface area (TPSA) is 38.3 Å². The van der Waals surface area contributed by atoms with E-state index in [0.29, 0.717) is 13.1 Å². The molecule has 0 saturated heterocycles. The van der Waals surface area contributed by atoms with Crippen molar-refractivity contribution in [2.24, 2.45) is 0 Å². The lowest BCUT2D eigenvalue weighted by Crippen LogP contribution is -2.20. The van der Waals surface area contributed by atoms with Crippen molar-refractivity contribution >= 4 is 5.78 Å². The minimum absolute atomic E-state index is 0.153. The minimum Gasteiger partial charge on any atom is -0.496 e. The Bertz CT molecular complexity index is 347. The third-order valence-electron chi connectivity index (χ3n) is 2.16. The standard InChI is InChI=1S/C12H17NO2/c1-9-6-11(4-5-12(9)15-3)8-13-7-10(2)14/h4-6,13H,7-8H2,1-3H3. The summed E-state index contributed by atoms with van der Waals surface area (Å²) >= 11 is 0. The number of carbonyl (C=O) groups excluding carboxylic acids is 1. The van der Waals surface area contributed by atoms with E-state index in [-0.39, 0.29) is 5.78 Å². The highest BCUT2D eigenvalue weighted by Gasteiger charge is 2.00. The van der Waals surface area contributed by atoms with Crippen LogP contribution >= 0.6 is 0 Å². The van der Waals surface area contributed by atoms with E-state index in [1.165, 1.54) is 0 Å². The molecule has 1 rings (SSSR count). The van der Waals surface area contributed by atoms with Crippen molar-refractivity contribution in [3.63, 3.8) is 0 Å². The molecule has 3 heteroatoms. The first-order valence-electron chi connectivity index (χ1n) is 4.97. The molecule has 3 nitrogen and oxygen atoms in total. The van der Waals surface area contributed by atoms with Crippen LogP contribution in [0.2, 0.25) is 0 Å². The molecule has 0 heterocycles. The summed E-state index contributed by atoms with van der Waals surface area (Å²) in [6.07, 6.45) is 0. The first kappa shape index (κ1) is 11.7. The van der Waals surface area contributed by atoms with Crippen molar-refractivity contribution < 1.29 is 9.53 Å². The third kappa shape index (κ3) is 3.72. The first-order valence-corrected chi connectivity index (χ1v) is 4.97. The Morgan fingerprint density at radius 2 is 2.20 bits per heavy atom.